The maximum atomic E-state index is 12.0. The summed E-state index contributed by atoms with van der Waals surface area (Å²) in [5, 5.41) is 6.46. The fourth-order valence-corrected chi connectivity index (χ4v) is 2.29. The van der Waals surface area contributed by atoms with E-state index in [9.17, 15) is 4.79 Å². The highest BCUT2D eigenvalue weighted by molar-refractivity contribution is 5.99. The molecular formula is C19H17N3O2. The van der Waals surface area contributed by atoms with Crippen molar-refractivity contribution in [3.05, 3.63) is 72.6 Å². The summed E-state index contributed by atoms with van der Waals surface area (Å²) >= 11 is 0. The minimum Gasteiger partial charge on any atom is -0.497 e. The zero-order valence-electron chi connectivity index (χ0n) is 13.2. The molecule has 0 bridgehead atoms. The third kappa shape index (κ3) is 3.70. The lowest BCUT2D eigenvalue weighted by molar-refractivity contribution is 0.255. The van der Waals surface area contributed by atoms with Gasteiger partial charge in [0.2, 0.25) is 0 Å². The molecule has 0 aliphatic carbocycles. The summed E-state index contributed by atoms with van der Waals surface area (Å²) in [5.41, 5.74) is 2.39. The molecule has 0 radical (unpaired) electrons. The van der Waals surface area contributed by atoms with Gasteiger partial charge in [-0.05, 0) is 35.9 Å². The van der Waals surface area contributed by atoms with Crippen LogP contribution in [0.4, 0.5) is 10.5 Å². The first-order chi connectivity index (χ1) is 11.8. The van der Waals surface area contributed by atoms with Gasteiger partial charge in [0.25, 0.3) is 0 Å². The van der Waals surface area contributed by atoms with Crippen LogP contribution in [0.5, 0.6) is 5.75 Å². The van der Waals surface area contributed by atoms with Crippen LogP contribution in [-0.4, -0.2) is 18.1 Å². The zero-order chi connectivity index (χ0) is 16.8. The van der Waals surface area contributed by atoms with E-state index >= 15 is 0 Å². The summed E-state index contributed by atoms with van der Waals surface area (Å²) in [6.07, 6.45) is 5.10. The molecule has 3 aromatic rings. The number of ether oxygens (including phenoxy) is 1. The van der Waals surface area contributed by atoms with Gasteiger partial charge in [0.05, 0.1) is 18.3 Å². The molecular weight excluding hydrogens is 302 g/mol. The standard InChI is InChI=1S/C19H17N3O2/c1-24-16-9-7-14(8-10-16)11-13-21-19(23)22-17-6-2-4-15-5-3-12-20-18(15)17/h2-13H,1H3,(H2,21,22,23)/b13-11+. The topological polar surface area (TPSA) is 63.2 Å². The number of rotatable bonds is 4. The molecule has 120 valence electrons. The van der Waals surface area contributed by atoms with Crippen molar-refractivity contribution in [1.29, 1.82) is 0 Å². The number of hydrogen-bond acceptors (Lipinski definition) is 3. The Bertz CT molecular complexity index is 868. The number of pyridine rings is 1. The molecule has 5 nitrogen and oxygen atoms in total. The molecule has 24 heavy (non-hydrogen) atoms. The predicted molar refractivity (Wildman–Crippen MR) is 95.9 cm³/mol. The lowest BCUT2D eigenvalue weighted by Gasteiger charge is -2.07. The highest BCUT2D eigenvalue weighted by Gasteiger charge is 2.04. The average molecular weight is 319 g/mol. The molecule has 0 aliphatic rings. The first-order valence-corrected chi connectivity index (χ1v) is 7.48. The van der Waals surface area contributed by atoms with Crippen LogP contribution in [0, 0.1) is 0 Å². The number of para-hydroxylation sites is 1. The molecule has 5 heteroatoms. The monoisotopic (exact) mass is 319 g/mol. The second-order valence-corrected chi connectivity index (χ2v) is 5.09. The number of hydrogen-bond donors (Lipinski definition) is 2. The number of benzene rings is 2. The molecule has 0 saturated carbocycles. The van der Waals surface area contributed by atoms with Crippen molar-refractivity contribution in [1.82, 2.24) is 10.3 Å². The third-order valence-electron chi connectivity index (χ3n) is 3.49. The number of aromatic nitrogens is 1. The minimum atomic E-state index is -0.321. The first-order valence-electron chi connectivity index (χ1n) is 7.48. The molecule has 0 saturated heterocycles. The Hall–Kier alpha value is -3.34. The molecule has 2 aromatic carbocycles. The van der Waals surface area contributed by atoms with E-state index in [1.807, 2.05) is 54.6 Å². The van der Waals surface area contributed by atoms with Gasteiger partial charge in [0, 0.05) is 17.8 Å². The summed E-state index contributed by atoms with van der Waals surface area (Å²) in [5.74, 6) is 0.793. The van der Waals surface area contributed by atoms with Crippen molar-refractivity contribution in [2.75, 3.05) is 12.4 Å². The van der Waals surface area contributed by atoms with E-state index in [2.05, 4.69) is 15.6 Å². The fourth-order valence-electron chi connectivity index (χ4n) is 2.29. The van der Waals surface area contributed by atoms with Crippen LogP contribution in [0.2, 0.25) is 0 Å². The molecule has 0 fully saturated rings. The van der Waals surface area contributed by atoms with Gasteiger partial charge in [0.1, 0.15) is 5.75 Å². The van der Waals surface area contributed by atoms with E-state index in [1.54, 1.807) is 25.6 Å². The van der Waals surface area contributed by atoms with E-state index in [-0.39, 0.29) is 6.03 Å². The summed E-state index contributed by atoms with van der Waals surface area (Å²) in [6.45, 7) is 0. The Morgan fingerprint density at radius 2 is 1.88 bits per heavy atom. The Balaban J connectivity index is 1.63. The van der Waals surface area contributed by atoms with Gasteiger partial charge in [-0.15, -0.1) is 0 Å². The van der Waals surface area contributed by atoms with Crippen LogP contribution in [0.15, 0.2) is 67.0 Å². The number of carbonyl (C=O) groups excluding carboxylic acids is 1. The second kappa shape index (κ2) is 7.28. The van der Waals surface area contributed by atoms with E-state index < -0.39 is 0 Å². The Labute approximate surface area is 140 Å². The number of carbonyl (C=O) groups is 1. The molecule has 1 heterocycles. The van der Waals surface area contributed by atoms with Crippen LogP contribution in [0.3, 0.4) is 0 Å². The quantitative estimate of drug-likeness (QED) is 0.763. The van der Waals surface area contributed by atoms with Gasteiger partial charge in [-0.3, -0.25) is 4.98 Å². The van der Waals surface area contributed by atoms with Gasteiger partial charge in [-0.2, -0.15) is 0 Å². The average Bonchev–Trinajstić information content (AvgIpc) is 2.63. The first kappa shape index (κ1) is 15.6. The maximum Gasteiger partial charge on any atom is 0.323 e. The molecule has 3 rings (SSSR count). The number of nitrogens with zero attached hydrogens (tertiary/aromatic N) is 1. The van der Waals surface area contributed by atoms with Crippen LogP contribution < -0.4 is 15.4 Å². The molecule has 0 atom stereocenters. The SMILES string of the molecule is COc1ccc(/C=C/NC(=O)Nc2cccc3cccnc23)cc1. The van der Waals surface area contributed by atoms with Crippen molar-refractivity contribution < 1.29 is 9.53 Å². The Morgan fingerprint density at radius 3 is 2.67 bits per heavy atom. The summed E-state index contributed by atoms with van der Waals surface area (Å²) in [4.78, 5) is 16.3. The normalized spacial score (nSPS) is 10.7. The fraction of sp³-hybridized carbons (Fsp3) is 0.0526. The summed E-state index contributed by atoms with van der Waals surface area (Å²) < 4.78 is 5.10. The number of fused-ring (bicyclic) bond motifs is 1. The van der Waals surface area contributed by atoms with Crippen molar-refractivity contribution in [3.63, 3.8) is 0 Å². The lowest BCUT2D eigenvalue weighted by atomic mass is 10.2. The molecule has 0 aliphatic heterocycles. The maximum absolute atomic E-state index is 12.0. The van der Waals surface area contributed by atoms with E-state index in [4.69, 9.17) is 4.74 Å². The summed E-state index contributed by atoms with van der Waals surface area (Å²) in [7, 11) is 1.62. The van der Waals surface area contributed by atoms with E-state index in [1.165, 1.54) is 0 Å². The molecule has 2 N–H and O–H groups in total. The highest BCUT2D eigenvalue weighted by Crippen LogP contribution is 2.20. The van der Waals surface area contributed by atoms with Crippen molar-refractivity contribution >= 4 is 28.7 Å². The van der Waals surface area contributed by atoms with Crippen molar-refractivity contribution in [3.8, 4) is 5.75 Å². The molecule has 0 unspecified atom stereocenters. The van der Waals surface area contributed by atoms with Crippen LogP contribution in [0.25, 0.3) is 17.0 Å². The highest BCUT2D eigenvalue weighted by atomic mass is 16.5. The molecule has 0 spiro atoms. The van der Waals surface area contributed by atoms with Crippen LogP contribution in [0.1, 0.15) is 5.56 Å². The second-order valence-electron chi connectivity index (χ2n) is 5.09. The number of nitrogens with one attached hydrogen (secondary N) is 2. The van der Waals surface area contributed by atoms with Crippen molar-refractivity contribution in [2.45, 2.75) is 0 Å². The Kier molecular flexibility index (Phi) is 4.72. The molecule has 2 amide bonds. The smallest absolute Gasteiger partial charge is 0.323 e. The molecule has 1 aromatic heterocycles. The third-order valence-corrected chi connectivity index (χ3v) is 3.49. The lowest BCUT2D eigenvalue weighted by Crippen LogP contribution is -2.23. The minimum absolute atomic E-state index is 0.321. The van der Waals surface area contributed by atoms with Crippen molar-refractivity contribution in [2.24, 2.45) is 0 Å². The van der Waals surface area contributed by atoms with Crippen LogP contribution >= 0.6 is 0 Å². The van der Waals surface area contributed by atoms with E-state index in [0.29, 0.717) is 5.69 Å². The van der Waals surface area contributed by atoms with Crippen LogP contribution in [-0.2, 0) is 0 Å². The van der Waals surface area contributed by atoms with Gasteiger partial charge >= 0.3 is 6.03 Å². The largest absolute Gasteiger partial charge is 0.497 e. The van der Waals surface area contributed by atoms with Gasteiger partial charge in [-0.25, -0.2) is 4.79 Å². The number of amides is 2. The van der Waals surface area contributed by atoms with E-state index in [0.717, 1.165) is 22.2 Å². The Morgan fingerprint density at radius 1 is 1.08 bits per heavy atom. The number of anilines is 1. The summed E-state index contributed by atoms with van der Waals surface area (Å²) in [6, 6.07) is 16.7. The van der Waals surface area contributed by atoms with Gasteiger partial charge in [-0.1, -0.05) is 30.3 Å². The number of methoxy groups -OCH3 is 1. The van der Waals surface area contributed by atoms with Gasteiger partial charge in [0.15, 0.2) is 0 Å². The van der Waals surface area contributed by atoms with Gasteiger partial charge < -0.3 is 15.4 Å². The predicted octanol–water partition coefficient (Wildman–Crippen LogP) is 4.04. The number of urea groups is 1. The zero-order valence-corrected chi connectivity index (χ0v) is 13.2.